The predicted octanol–water partition coefficient (Wildman–Crippen LogP) is 2.53. The second-order valence-electron chi connectivity index (χ2n) is 2.02. The quantitative estimate of drug-likeness (QED) is 0.506. The summed E-state index contributed by atoms with van der Waals surface area (Å²) in [6.45, 7) is 0. The highest BCUT2D eigenvalue weighted by Gasteiger charge is 2.05. The molecular formula is C7H4Cl3Si. The number of rotatable bonds is 1. The highest BCUT2D eigenvalue weighted by Crippen LogP contribution is 2.24. The Morgan fingerprint density at radius 3 is 2.36 bits per heavy atom. The first-order valence-electron chi connectivity index (χ1n) is 2.91. The van der Waals surface area contributed by atoms with Crippen molar-refractivity contribution in [3.8, 4) is 0 Å². The van der Waals surface area contributed by atoms with E-state index in [0.29, 0.717) is 15.9 Å². The monoisotopic (exact) mass is 221 g/mol. The van der Waals surface area contributed by atoms with Crippen molar-refractivity contribution >= 4 is 50.2 Å². The molecule has 1 aromatic rings. The zero-order chi connectivity index (χ0) is 8.43. The average Bonchev–Trinajstić information content (AvgIpc) is 1.99. The van der Waals surface area contributed by atoms with Crippen LogP contribution in [0.2, 0.25) is 10.0 Å². The normalized spacial score (nSPS) is 10.2. The third kappa shape index (κ3) is 1.91. The van der Waals surface area contributed by atoms with E-state index >= 15 is 0 Å². The van der Waals surface area contributed by atoms with Gasteiger partial charge in [-0.1, -0.05) is 34.5 Å². The Balaban J connectivity index is 3.29. The van der Waals surface area contributed by atoms with Gasteiger partial charge < -0.3 is 0 Å². The third-order valence-electron chi connectivity index (χ3n) is 1.33. The Kier molecular flexibility index (Phi) is 3.25. The number of alkyl halides is 1. The molecule has 0 amide bonds. The second kappa shape index (κ2) is 3.81. The number of benzene rings is 1. The summed E-state index contributed by atoms with van der Waals surface area (Å²) in [4.78, 5) is 0. The molecule has 0 aliphatic carbocycles. The van der Waals surface area contributed by atoms with Crippen molar-refractivity contribution in [1.29, 1.82) is 0 Å². The van der Waals surface area contributed by atoms with Crippen LogP contribution in [-0.2, 0) is 5.88 Å². The van der Waals surface area contributed by atoms with Crippen LogP contribution in [0.1, 0.15) is 5.56 Å². The van der Waals surface area contributed by atoms with E-state index < -0.39 is 0 Å². The van der Waals surface area contributed by atoms with Crippen LogP contribution in [0.15, 0.2) is 12.1 Å². The van der Waals surface area contributed by atoms with E-state index in [2.05, 4.69) is 10.2 Å². The lowest BCUT2D eigenvalue weighted by molar-refractivity contribution is 1.44. The molecule has 0 N–H and O–H groups in total. The van der Waals surface area contributed by atoms with E-state index in [0.717, 1.165) is 10.8 Å². The smallest absolute Gasteiger partial charge is 0.0717 e. The molecule has 3 radical (unpaired) electrons. The summed E-state index contributed by atoms with van der Waals surface area (Å²) in [5.74, 6) is 0.359. The van der Waals surface area contributed by atoms with E-state index in [-0.39, 0.29) is 0 Å². The number of halogens is 3. The van der Waals surface area contributed by atoms with Crippen molar-refractivity contribution in [3.05, 3.63) is 27.7 Å². The molecule has 0 aliphatic heterocycles. The predicted molar refractivity (Wildman–Crippen MR) is 51.4 cm³/mol. The molecule has 0 fully saturated rings. The molecule has 0 bridgehead atoms. The van der Waals surface area contributed by atoms with Gasteiger partial charge >= 0.3 is 0 Å². The van der Waals surface area contributed by atoms with Gasteiger partial charge in [0.1, 0.15) is 0 Å². The summed E-state index contributed by atoms with van der Waals surface area (Å²) < 4.78 is 0. The molecule has 11 heavy (non-hydrogen) atoms. The molecule has 0 aromatic heterocycles. The summed E-state index contributed by atoms with van der Waals surface area (Å²) in [6, 6.07) is 3.55. The van der Waals surface area contributed by atoms with E-state index in [9.17, 15) is 0 Å². The minimum atomic E-state index is 0.359. The zero-order valence-electron chi connectivity index (χ0n) is 5.50. The van der Waals surface area contributed by atoms with Crippen LogP contribution < -0.4 is 5.19 Å². The molecule has 4 heteroatoms. The van der Waals surface area contributed by atoms with Gasteiger partial charge in [-0.2, -0.15) is 0 Å². The van der Waals surface area contributed by atoms with Crippen LogP contribution in [0.5, 0.6) is 0 Å². The highest BCUT2D eigenvalue weighted by molar-refractivity contribution is 6.45. The summed E-state index contributed by atoms with van der Waals surface area (Å²) in [6.07, 6.45) is 0. The standard InChI is InChI=1S/C7H4Cl3Si/c8-3-4-6(11)2-1-5(9)7(4)10/h1-2H,3H2. The lowest BCUT2D eigenvalue weighted by atomic mass is 10.2. The van der Waals surface area contributed by atoms with Crippen LogP contribution in [0.25, 0.3) is 0 Å². The van der Waals surface area contributed by atoms with Gasteiger partial charge in [0.2, 0.25) is 0 Å². The maximum Gasteiger partial charge on any atom is 0.0717 e. The fourth-order valence-electron chi connectivity index (χ4n) is 0.723. The molecule has 0 saturated heterocycles. The fraction of sp³-hybridized carbons (Fsp3) is 0.143. The fourth-order valence-corrected chi connectivity index (χ4v) is 1.97. The van der Waals surface area contributed by atoms with Gasteiger partial charge in [0, 0.05) is 5.88 Å². The van der Waals surface area contributed by atoms with Gasteiger partial charge in [-0.3, -0.25) is 0 Å². The maximum atomic E-state index is 5.85. The minimum absolute atomic E-state index is 0.359. The van der Waals surface area contributed by atoms with Crippen LogP contribution in [0.4, 0.5) is 0 Å². The van der Waals surface area contributed by atoms with Gasteiger partial charge in [-0.15, -0.1) is 11.6 Å². The third-order valence-corrected chi connectivity index (χ3v) is 2.91. The molecule has 0 spiro atoms. The van der Waals surface area contributed by atoms with Crippen molar-refractivity contribution in [1.82, 2.24) is 0 Å². The Hall–Kier alpha value is 0.307. The summed E-state index contributed by atoms with van der Waals surface area (Å²) in [5.41, 5.74) is 0.831. The molecule has 0 unspecified atom stereocenters. The van der Waals surface area contributed by atoms with Gasteiger partial charge in [0.25, 0.3) is 0 Å². The van der Waals surface area contributed by atoms with E-state index in [1.165, 1.54) is 0 Å². The van der Waals surface area contributed by atoms with Crippen LogP contribution in [0, 0.1) is 0 Å². The van der Waals surface area contributed by atoms with Crippen LogP contribution >= 0.6 is 34.8 Å². The molecule has 1 aromatic carbocycles. The van der Waals surface area contributed by atoms with Crippen LogP contribution in [-0.4, -0.2) is 10.2 Å². The summed E-state index contributed by atoms with van der Waals surface area (Å²) in [5, 5.41) is 1.94. The number of hydrogen-bond acceptors (Lipinski definition) is 0. The van der Waals surface area contributed by atoms with E-state index in [1.54, 1.807) is 6.07 Å². The Labute approximate surface area is 83.9 Å². The molecule has 0 aliphatic rings. The van der Waals surface area contributed by atoms with Crippen molar-refractivity contribution < 1.29 is 0 Å². The Morgan fingerprint density at radius 1 is 1.27 bits per heavy atom. The molecule has 0 atom stereocenters. The summed E-state index contributed by atoms with van der Waals surface area (Å²) in [7, 11) is 3.36. The van der Waals surface area contributed by atoms with Gasteiger partial charge in [0.05, 0.1) is 20.3 Å². The average molecular weight is 223 g/mol. The first kappa shape index (κ1) is 9.40. The molecule has 0 nitrogen and oxygen atoms in total. The number of hydrogen-bond donors (Lipinski definition) is 0. The highest BCUT2D eigenvalue weighted by atomic mass is 35.5. The Bertz CT molecular complexity index is 273. The SMILES string of the molecule is [Si]c1ccc(Cl)c(Cl)c1CCl. The summed E-state index contributed by atoms with van der Waals surface area (Å²) >= 11 is 17.2. The zero-order valence-corrected chi connectivity index (χ0v) is 8.76. The minimum Gasteiger partial charge on any atom is -0.121 e. The van der Waals surface area contributed by atoms with Gasteiger partial charge in [-0.05, 0) is 11.6 Å². The molecule has 57 valence electrons. The van der Waals surface area contributed by atoms with Gasteiger partial charge in [0.15, 0.2) is 0 Å². The lowest BCUT2D eigenvalue weighted by Crippen LogP contribution is -2.09. The largest absolute Gasteiger partial charge is 0.121 e. The first-order valence-corrected chi connectivity index (χ1v) is 4.70. The van der Waals surface area contributed by atoms with Crippen molar-refractivity contribution in [2.45, 2.75) is 5.88 Å². The second-order valence-corrected chi connectivity index (χ2v) is 3.61. The van der Waals surface area contributed by atoms with Crippen molar-refractivity contribution in [2.75, 3.05) is 0 Å². The van der Waals surface area contributed by atoms with Crippen LogP contribution in [0.3, 0.4) is 0 Å². The van der Waals surface area contributed by atoms with E-state index in [1.807, 2.05) is 6.07 Å². The first-order chi connectivity index (χ1) is 5.16. The molecule has 0 heterocycles. The lowest BCUT2D eigenvalue weighted by Gasteiger charge is -2.05. The maximum absolute atomic E-state index is 5.85. The molecular weight excluding hydrogens is 219 g/mol. The molecule has 0 saturated carbocycles. The van der Waals surface area contributed by atoms with Crippen molar-refractivity contribution in [2.24, 2.45) is 0 Å². The van der Waals surface area contributed by atoms with Crippen molar-refractivity contribution in [3.63, 3.8) is 0 Å². The van der Waals surface area contributed by atoms with Gasteiger partial charge in [-0.25, -0.2) is 0 Å². The Morgan fingerprint density at radius 2 is 1.91 bits per heavy atom. The van der Waals surface area contributed by atoms with E-state index in [4.69, 9.17) is 34.8 Å². The molecule has 1 rings (SSSR count). The topological polar surface area (TPSA) is 0 Å².